The van der Waals surface area contributed by atoms with Gasteiger partial charge in [-0.05, 0) is 38.2 Å². The van der Waals surface area contributed by atoms with E-state index in [1.165, 1.54) is 12.1 Å². The molecular formula is C13H17ClN2O3. The van der Waals surface area contributed by atoms with Crippen molar-refractivity contribution in [1.82, 2.24) is 0 Å². The summed E-state index contributed by atoms with van der Waals surface area (Å²) in [6, 6.07) is 3.25. The molecule has 0 aliphatic heterocycles. The fourth-order valence-corrected chi connectivity index (χ4v) is 2.52. The van der Waals surface area contributed by atoms with Crippen molar-refractivity contribution in [2.24, 2.45) is 5.73 Å². The summed E-state index contributed by atoms with van der Waals surface area (Å²) in [5.41, 5.74) is 6.49. The second-order valence-corrected chi connectivity index (χ2v) is 5.39. The van der Waals surface area contributed by atoms with Crippen LogP contribution in [-0.4, -0.2) is 17.1 Å². The number of nitro groups is 1. The molecule has 0 amide bonds. The first kappa shape index (κ1) is 14.1. The Balaban J connectivity index is 2.13. The summed E-state index contributed by atoms with van der Waals surface area (Å²) in [5.74, 6) is 0.621. The Kier molecular flexibility index (Phi) is 4.27. The first-order chi connectivity index (χ1) is 8.97. The van der Waals surface area contributed by atoms with Gasteiger partial charge in [-0.25, -0.2) is 0 Å². The Morgan fingerprint density at radius 1 is 1.37 bits per heavy atom. The number of nitro benzene ring substituents is 1. The molecule has 1 aromatic carbocycles. The van der Waals surface area contributed by atoms with Gasteiger partial charge in [-0.15, -0.1) is 0 Å². The van der Waals surface area contributed by atoms with Gasteiger partial charge in [-0.3, -0.25) is 10.1 Å². The zero-order chi connectivity index (χ0) is 14.0. The molecule has 0 bridgehead atoms. The van der Waals surface area contributed by atoms with Crippen molar-refractivity contribution in [3.63, 3.8) is 0 Å². The Morgan fingerprint density at radius 3 is 2.58 bits per heavy atom. The van der Waals surface area contributed by atoms with Gasteiger partial charge in [-0.2, -0.15) is 0 Å². The highest BCUT2D eigenvalue weighted by molar-refractivity contribution is 6.32. The van der Waals surface area contributed by atoms with Crippen molar-refractivity contribution >= 4 is 17.3 Å². The molecule has 0 atom stereocenters. The summed E-state index contributed by atoms with van der Waals surface area (Å²) in [5, 5.41) is 10.9. The predicted molar refractivity (Wildman–Crippen MR) is 73.7 cm³/mol. The number of nitrogens with two attached hydrogens (primary N) is 1. The topological polar surface area (TPSA) is 78.4 Å². The second kappa shape index (κ2) is 5.75. The molecule has 2 rings (SSSR count). The summed E-state index contributed by atoms with van der Waals surface area (Å²) in [6.07, 6.45) is 3.84. The molecule has 1 aliphatic carbocycles. The molecule has 1 aromatic rings. The molecule has 0 aromatic heterocycles. The second-order valence-electron chi connectivity index (χ2n) is 4.98. The quantitative estimate of drug-likeness (QED) is 0.683. The highest BCUT2D eigenvalue weighted by atomic mass is 35.5. The molecule has 19 heavy (non-hydrogen) atoms. The minimum absolute atomic E-state index is 0.0859. The van der Waals surface area contributed by atoms with Crippen LogP contribution in [-0.2, 0) is 0 Å². The Labute approximate surface area is 116 Å². The number of benzene rings is 1. The maximum Gasteiger partial charge on any atom is 0.288 e. The van der Waals surface area contributed by atoms with E-state index in [0.717, 1.165) is 31.2 Å². The molecule has 0 spiro atoms. The predicted octanol–water partition coefficient (Wildman–Crippen LogP) is 3.21. The lowest BCUT2D eigenvalue weighted by Gasteiger charge is -2.27. The normalized spacial score (nSPS) is 23.1. The monoisotopic (exact) mass is 284 g/mol. The fraction of sp³-hybridized carbons (Fsp3) is 0.538. The van der Waals surface area contributed by atoms with Crippen LogP contribution in [0.15, 0.2) is 12.1 Å². The molecule has 1 fully saturated rings. The van der Waals surface area contributed by atoms with E-state index < -0.39 is 4.92 Å². The minimum atomic E-state index is -0.487. The number of hydrogen-bond donors (Lipinski definition) is 1. The van der Waals surface area contributed by atoms with Crippen molar-refractivity contribution in [3.05, 3.63) is 32.8 Å². The van der Waals surface area contributed by atoms with Crippen LogP contribution in [0.1, 0.15) is 31.2 Å². The van der Waals surface area contributed by atoms with E-state index >= 15 is 0 Å². The average Bonchev–Trinajstić information content (AvgIpc) is 2.35. The summed E-state index contributed by atoms with van der Waals surface area (Å²) < 4.78 is 5.89. The summed E-state index contributed by atoms with van der Waals surface area (Å²) >= 11 is 5.90. The van der Waals surface area contributed by atoms with Gasteiger partial charge in [0.2, 0.25) is 0 Å². The van der Waals surface area contributed by atoms with E-state index in [2.05, 4.69) is 0 Å². The van der Waals surface area contributed by atoms with Crippen LogP contribution < -0.4 is 10.5 Å². The number of halogens is 1. The first-order valence-corrected chi connectivity index (χ1v) is 6.72. The smallest absolute Gasteiger partial charge is 0.288 e. The minimum Gasteiger partial charge on any atom is -0.490 e. The third-order valence-corrected chi connectivity index (χ3v) is 3.76. The largest absolute Gasteiger partial charge is 0.490 e. The van der Waals surface area contributed by atoms with E-state index in [1.54, 1.807) is 6.92 Å². The summed E-state index contributed by atoms with van der Waals surface area (Å²) in [7, 11) is 0. The third-order valence-electron chi connectivity index (χ3n) is 3.45. The van der Waals surface area contributed by atoms with Crippen LogP contribution in [0.2, 0.25) is 5.02 Å². The van der Waals surface area contributed by atoms with Crippen LogP contribution in [0.3, 0.4) is 0 Å². The van der Waals surface area contributed by atoms with Crippen molar-refractivity contribution < 1.29 is 9.66 Å². The van der Waals surface area contributed by atoms with Gasteiger partial charge in [0.05, 0.1) is 11.0 Å². The number of aryl methyl sites for hydroxylation is 1. The molecular weight excluding hydrogens is 268 g/mol. The van der Waals surface area contributed by atoms with Gasteiger partial charge < -0.3 is 10.5 Å². The third kappa shape index (κ3) is 3.36. The van der Waals surface area contributed by atoms with E-state index in [0.29, 0.717) is 5.75 Å². The molecule has 0 radical (unpaired) electrons. The van der Waals surface area contributed by atoms with Crippen molar-refractivity contribution in [3.8, 4) is 5.75 Å². The highest BCUT2D eigenvalue weighted by Gasteiger charge is 2.22. The molecule has 1 saturated carbocycles. The number of rotatable bonds is 3. The van der Waals surface area contributed by atoms with E-state index in [1.807, 2.05) is 0 Å². The lowest BCUT2D eigenvalue weighted by molar-refractivity contribution is -0.384. The molecule has 0 heterocycles. The zero-order valence-corrected chi connectivity index (χ0v) is 11.5. The standard InChI is InChI=1S/C13H17ClN2O3/c1-8-6-12(16(17)18)11(14)7-13(8)19-10-4-2-9(15)3-5-10/h6-7,9-10H,2-5,15H2,1H3. The molecule has 6 heteroatoms. The maximum atomic E-state index is 10.8. The van der Waals surface area contributed by atoms with Gasteiger partial charge in [0.15, 0.2) is 0 Å². The average molecular weight is 285 g/mol. The van der Waals surface area contributed by atoms with Crippen LogP contribution in [0.5, 0.6) is 5.75 Å². The highest BCUT2D eigenvalue weighted by Crippen LogP contribution is 2.33. The van der Waals surface area contributed by atoms with Gasteiger partial charge in [-0.1, -0.05) is 11.6 Å². The van der Waals surface area contributed by atoms with E-state index in [4.69, 9.17) is 22.1 Å². The molecule has 1 aliphatic rings. The van der Waals surface area contributed by atoms with Gasteiger partial charge in [0.25, 0.3) is 5.69 Å². The summed E-state index contributed by atoms with van der Waals surface area (Å²) in [6.45, 7) is 1.78. The number of hydrogen-bond acceptors (Lipinski definition) is 4. The van der Waals surface area contributed by atoms with E-state index in [-0.39, 0.29) is 22.9 Å². The molecule has 2 N–H and O–H groups in total. The van der Waals surface area contributed by atoms with Gasteiger partial charge in [0, 0.05) is 18.2 Å². The van der Waals surface area contributed by atoms with Gasteiger partial charge in [0.1, 0.15) is 10.8 Å². The Bertz CT molecular complexity index is 485. The van der Waals surface area contributed by atoms with Crippen molar-refractivity contribution in [2.45, 2.75) is 44.8 Å². The van der Waals surface area contributed by atoms with Crippen LogP contribution in [0, 0.1) is 17.0 Å². The van der Waals surface area contributed by atoms with E-state index in [9.17, 15) is 10.1 Å². The van der Waals surface area contributed by atoms with Crippen LogP contribution in [0.4, 0.5) is 5.69 Å². The lowest BCUT2D eigenvalue weighted by Crippen LogP contribution is -2.31. The Morgan fingerprint density at radius 2 is 2.00 bits per heavy atom. The van der Waals surface area contributed by atoms with Crippen molar-refractivity contribution in [1.29, 1.82) is 0 Å². The number of ether oxygens (including phenoxy) is 1. The number of nitrogens with zero attached hydrogens (tertiary/aromatic N) is 1. The molecule has 0 unspecified atom stereocenters. The van der Waals surface area contributed by atoms with Crippen LogP contribution >= 0.6 is 11.6 Å². The zero-order valence-electron chi connectivity index (χ0n) is 10.8. The molecule has 104 valence electrons. The molecule has 5 nitrogen and oxygen atoms in total. The van der Waals surface area contributed by atoms with Crippen LogP contribution in [0.25, 0.3) is 0 Å². The fourth-order valence-electron chi connectivity index (χ4n) is 2.30. The SMILES string of the molecule is Cc1cc([N+](=O)[O-])c(Cl)cc1OC1CCC(N)CC1. The first-order valence-electron chi connectivity index (χ1n) is 6.34. The maximum absolute atomic E-state index is 10.8. The lowest BCUT2D eigenvalue weighted by atomic mass is 9.93. The molecule has 0 saturated heterocycles. The summed E-state index contributed by atoms with van der Waals surface area (Å²) in [4.78, 5) is 10.3. The van der Waals surface area contributed by atoms with Gasteiger partial charge >= 0.3 is 0 Å². The Hall–Kier alpha value is -1.33. The van der Waals surface area contributed by atoms with Crippen molar-refractivity contribution in [2.75, 3.05) is 0 Å².